The van der Waals surface area contributed by atoms with Crippen molar-refractivity contribution in [3.8, 4) is 11.1 Å². The molecule has 0 spiro atoms. The summed E-state index contributed by atoms with van der Waals surface area (Å²) in [6.45, 7) is 0. The van der Waals surface area contributed by atoms with Gasteiger partial charge in [-0.3, -0.25) is 0 Å². The van der Waals surface area contributed by atoms with Gasteiger partial charge < -0.3 is 4.90 Å². The van der Waals surface area contributed by atoms with Crippen molar-refractivity contribution >= 4 is 80.9 Å². The van der Waals surface area contributed by atoms with Crippen molar-refractivity contribution in [2.75, 3.05) is 4.90 Å². The maximum absolute atomic E-state index is 2.50. The quantitative estimate of drug-likeness (QED) is 0.159. The van der Waals surface area contributed by atoms with Gasteiger partial charge in [0.05, 0.1) is 15.8 Å². The Morgan fingerprint density at radius 2 is 1.02 bits per heavy atom. The van der Waals surface area contributed by atoms with E-state index in [2.05, 4.69) is 205 Å². The van der Waals surface area contributed by atoms with Gasteiger partial charge in [-0.25, -0.2) is 0 Å². The summed E-state index contributed by atoms with van der Waals surface area (Å²) in [5.74, 6) is 0. The zero-order valence-corrected chi connectivity index (χ0v) is 32.1. The van der Waals surface area contributed by atoms with Crippen LogP contribution >= 0.6 is 11.3 Å². The second-order valence-electron chi connectivity index (χ2n) is 15.5. The summed E-state index contributed by atoms with van der Waals surface area (Å²) in [4.78, 5) is 2.50. The van der Waals surface area contributed by atoms with E-state index < -0.39 is 0 Å². The van der Waals surface area contributed by atoms with Crippen LogP contribution in [0.3, 0.4) is 0 Å². The molecule has 2 aliphatic rings. The lowest BCUT2D eigenvalue weighted by molar-refractivity contribution is 0.693. The molecule has 57 heavy (non-hydrogen) atoms. The number of fused-ring (bicyclic) bond motifs is 12. The fourth-order valence-corrected chi connectivity index (χ4v) is 11.4. The molecule has 0 unspecified atom stereocenters. The van der Waals surface area contributed by atoms with E-state index in [0.717, 1.165) is 24.2 Å². The fourth-order valence-electron chi connectivity index (χ4n) is 10.2. The largest absolute Gasteiger partial charge is 0.309 e. The van der Waals surface area contributed by atoms with Gasteiger partial charge in [-0.1, -0.05) is 169 Å². The van der Waals surface area contributed by atoms with Crippen molar-refractivity contribution in [2.45, 2.75) is 18.3 Å². The van der Waals surface area contributed by atoms with Gasteiger partial charge in [0, 0.05) is 26.8 Å². The minimum atomic E-state index is -0.365. The molecule has 0 saturated heterocycles. The molecule has 0 N–H and O–H groups in total. The summed E-state index contributed by atoms with van der Waals surface area (Å²) in [7, 11) is 0. The molecule has 2 aliphatic carbocycles. The van der Waals surface area contributed by atoms with Crippen molar-refractivity contribution in [1.29, 1.82) is 0 Å². The molecule has 1 heterocycles. The highest BCUT2D eigenvalue weighted by atomic mass is 32.1. The van der Waals surface area contributed by atoms with Crippen LogP contribution in [0.5, 0.6) is 0 Å². The summed E-state index contributed by atoms with van der Waals surface area (Å²) >= 11 is 1.88. The summed E-state index contributed by atoms with van der Waals surface area (Å²) in [6, 6.07) is 68.2. The lowest BCUT2D eigenvalue weighted by atomic mass is 9.65. The smallest absolute Gasteiger partial charge is 0.0676 e. The van der Waals surface area contributed by atoms with E-state index in [1.165, 1.54) is 91.6 Å². The highest BCUT2D eigenvalue weighted by Crippen LogP contribution is 2.58. The monoisotopic (exact) mass is 743 g/mol. The van der Waals surface area contributed by atoms with Gasteiger partial charge in [0.2, 0.25) is 0 Å². The van der Waals surface area contributed by atoms with Gasteiger partial charge in [0.25, 0.3) is 0 Å². The van der Waals surface area contributed by atoms with Crippen molar-refractivity contribution in [3.63, 3.8) is 0 Å². The molecule has 0 amide bonds. The number of anilines is 3. The van der Waals surface area contributed by atoms with Crippen LogP contribution in [0.2, 0.25) is 0 Å². The Morgan fingerprint density at radius 1 is 0.456 bits per heavy atom. The first-order valence-electron chi connectivity index (χ1n) is 20.0. The van der Waals surface area contributed by atoms with E-state index in [-0.39, 0.29) is 5.41 Å². The van der Waals surface area contributed by atoms with E-state index in [1.807, 2.05) is 11.3 Å². The zero-order valence-electron chi connectivity index (χ0n) is 31.3. The predicted molar refractivity (Wildman–Crippen MR) is 245 cm³/mol. The van der Waals surface area contributed by atoms with Gasteiger partial charge >= 0.3 is 0 Å². The molecule has 2 heteroatoms. The first-order chi connectivity index (χ1) is 28.3. The number of hydrogen-bond acceptors (Lipinski definition) is 2. The Bertz CT molecular complexity index is 3230. The molecule has 1 aromatic heterocycles. The lowest BCUT2D eigenvalue weighted by Gasteiger charge is -2.37. The van der Waals surface area contributed by atoms with Crippen LogP contribution in [0, 0.1) is 0 Å². The maximum Gasteiger partial charge on any atom is 0.0676 e. The number of nitrogens with zero attached hydrogens (tertiary/aromatic N) is 1. The first kappa shape index (κ1) is 32.5. The lowest BCUT2D eigenvalue weighted by Crippen LogP contribution is -2.30. The minimum absolute atomic E-state index is 0.365. The second kappa shape index (κ2) is 12.6. The average Bonchev–Trinajstić information content (AvgIpc) is 3.82. The molecule has 0 saturated carbocycles. The molecule has 9 aromatic carbocycles. The molecule has 12 rings (SSSR count). The van der Waals surface area contributed by atoms with Crippen LogP contribution in [0.15, 0.2) is 206 Å². The molecule has 0 atom stereocenters. The first-order valence-corrected chi connectivity index (χ1v) is 20.8. The van der Waals surface area contributed by atoms with Crippen LogP contribution in [-0.4, -0.2) is 0 Å². The molecule has 0 bridgehead atoms. The molecule has 0 aliphatic heterocycles. The molecule has 1 nitrogen and oxygen atoms in total. The van der Waals surface area contributed by atoms with Crippen LogP contribution in [0.1, 0.15) is 29.5 Å². The van der Waals surface area contributed by atoms with Crippen LogP contribution < -0.4 is 4.90 Å². The van der Waals surface area contributed by atoms with Gasteiger partial charge in [-0.15, -0.1) is 11.3 Å². The molecule has 10 aromatic rings. The van der Waals surface area contributed by atoms with Crippen LogP contribution in [0.4, 0.5) is 17.1 Å². The normalized spacial score (nSPS) is 14.4. The predicted octanol–water partition coefficient (Wildman–Crippen LogP) is 15.6. The van der Waals surface area contributed by atoms with Crippen LogP contribution in [0.25, 0.3) is 63.6 Å². The minimum Gasteiger partial charge on any atom is -0.309 e. The summed E-state index contributed by atoms with van der Waals surface area (Å²) in [5.41, 5.74) is 11.3. The number of allylic oxidation sites excluding steroid dienone is 4. The Labute approximate surface area is 336 Å². The standard InChI is InChI=1S/C55H37NS/c1-2-15-36(16-3-1)55(50-25-11-8-21-45(50)46-22-9-12-26-51(46)55)37-29-31-38(32-30-37)56(52-27-14-24-48-47-23-10-13-28-53(47)57-54(48)52)39-33-34-44-42-19-5-4-17-40(42)41-18-6-7-20-43(41)49(44)35-39/h1-2,4-15,17-35H,3,16H2. The number of thiophene rings is 1. The maximum atomic E-state index is 2.50. The van der Waals surface area contributed by atoms with E-state index in [1.54, 1.807) is 0 Å². The fraction of sp³-hybridized carbons (Fsp3) is 0.0545. The van der Waals surface area contributed by atoms with E-state index in [0.29, 0.717) is 0 Å². The Morgan fingerprint density at radius 3 is 1.68 bits per heavy atom. The zero-order chi connectivity index (χ0) is 37.5. The second-order valence-corrected chi connectivity index (χ2v) is 16.5. The van der Waals surface area contributed by atoms with Gasteiger partial charge in [-0.2, -0.15) is 0 Å². The number of hydrogen-bond donors (Lipinski definition) is 0. The van der Waals surface area contributed by atoms with E-state index in [9.17, 15) is 0 Å². The SMILES string of the molecule is C1=CCCC(C2(c3ccc(N(c4ccc5c6ccccc6c6ccccc6c5c4)c4cccc5c4sc4ccccc45)cc3)c3ccccc3-c3ccccc32)=C1. The Kier molecular flexibility index (Phi) is 7.21. The molecular weight excluding hydrogens is 707 g/mol. The molecule has 0 fully saturated rings. The Hall–Kier alpha value is -6.74. The van der Waals surface area contributed by atoms with Gasteiger partial charge in [0.15, 0.2) is 0 Å². The molecule has 0 radical (unpaired) electrons. The van der Waals surface area contributed by atoms with E-state index >= 15 is 0 Å². The highest BCUT2D eigenvalue weighted by Gasteiger charge is 2.47. The Balaban J connectivity index is 1.11. The van der Waals surface area contributed by atoms with Crippen molar-refractivity contribution in [2.24, 2.45) is 0 Å². The number of benzene rings is 9. The van der Waals surface area contributed by atoms with Crippen molar-refractivity contribution < 1.29 is 0 Å². The topological polar surface area (TPSA) is 3.24 Å². The third-order valence-electron chi connectivity index (χ3n) is 12.6. The molecule has 268 valence electrons. The highest BCUT2D eigenvalue weighted by molar-refractivity contribution is 7.26. The average molecular weight is 744 g/mol. The van der Waals surface area contributed by atoms with E-state index in [4.69, 9.17) is 0 Å². The van der Waals surface area contributed by atoms with Crippen LogP contribution in [-0.2, 0) is 5.41 Å². The molecular formula is C55H37NS. The van der Waals surface area contributed by atoms with Crippen molar-refractivity contribution in [3.05, 3.63) is 222 Å². The summed E-state index contributed by atoms with van der Waals surface area (Å²) < 4.78 is 2.60. The summed E-state index contributed by atoms with van der Waals surface area (Å²) in [6.07, 6.45) is 9.02. The van der Waals surface area contributed by atoms with Gasteiger partial charge in [-0.05, 0) is 109 Å². The third kappa shape index (κ3) is 4.68. The van der Waals surface area contributed by atoms with Crippen molar-refractivity contribution in [1.82, 2.24) is 0 Å². The van der Waals surface area contributed by atoms with Gasteiger partial charge in [0.1, 0.15) is 0 Å². The number of rotatable bonds is 5. The third-order valence-corrected chi connectivity index (χ3v) is 13.8. The summed E-state index contributed by atoms with van der Waals surface area (Å²) in [5, 5.41) is 10.3.